The summed E-state index contributed by atoms with van der Waals surface area (Å²) in [4.78, 5) is 27.8. The number of hydrogen-bond acceptors (Lipinski definition) is 5. The van der Waals surface area contributed by atoms with Crippen molar-refractivity contribution >= 4 is 16.7 Å². The van der Waals surface area contributed by atoms with E-state index in [4.69, 9.17) is 4.74 Å². The molecule has 1 fully saturated rings. The monoisotopic (exact) mass is 406 g/mol. The Morgan fingerprint density at radius 1 is 1.10 bits per heavy atom. The number of methoxy groups -OCH3 is 1. The van der Waals surface area contributed by atoms with Crippen LogP contribution in [0.3, 0.4) is 0 Å². The van der Waals surface area contributed by atoms with Gasteiger partial charge in [-0.2, -0.15) is 5.10 Å². The van der Waals surface area contributed by atoms with E-state index >= 15 is 0 Å². The molecule has 0 aliphatic carbocycles. The summed E-state index contributed by atoms with van der Waals surface area (Å²) < 4.78 is 6.79. The first-order valence-electron chi connectivity index (χ1n) is 10.2. The van der Waals surface area contributed by atoms with Crippen molar-refractivity contribution in [2.45, 2.75) is 18.9 Å². The largest absolute Gasteiger partial charge is 0.496 e. The second-order valence-corrected chi connectivity index (χ2v) is 7.53. The summed E-state index contributed by atoms with van der Waals surface area (Å²) in [5, 5.41) is 8.34. The smallest absolute Gasteiger partial charge is 0.274 e. The normalized spacial score (nSPS) is 15.3. The van der Waals surface area contributed by atoms with Crippen molar-refractivity contribution in [1.29, 1.82) is 0 Å². The van der Waals surface area contributed by atoms with Gasteiger partial charge >= 0.3 is 0 Å². The van der Waals surface area contributed by atoms with Crippen molar-refractivity contribution in [2.24, 2.45) is 7.05 Å². The fraction of sp³-hybridized carbons (Fsp3) is 0.348. The fourth-order valence-electron chi connectivity index (χ4n) is 4.17. The standard InChI is InChI=1S/C23H26N4O3/c1-26-23(29)17-10-4-3-9-16(17)21(25-26)22(28)24-15-19(27-13-7-8-14-27)18-11-5-6-12-20(18)30-2/h3-6,9-12,19H,7-8,13-15H2,1-2H3,(H,24,28). The Hall–Kier alpha value is -3.19. The summed E-state index contributed by atoms with van der Waals surface area (Å²) in [7, 11) is 3.23. The lowest BCUT2D eigenvalue weighted by atomic mass is 10.0. The van der Waals surface area contributed by atoms with Crippen molar-refractivity contribution in [2.75, 3.05) is 26.7 Å². The van der Waals surface area contributed by atoms with E-state index in [1.165, 1.54) is 4.68 Å². The van der Waals surface area contributed by atoms with Crippen LogP contribution in [0.25, 0.3) is 10.8 Å². The number of para-hydroxylation sites is 1. The molecule has 2 heterocycles. The van der Waals surface area contributed by atoms with Crippen LogP contribution in [-0.4, -0.2) is 47.3 Å². The van der Waals surface area contributed by atoms with E-state index in [0.717, 1.165) is 37.2 Å². The molecular weight excluding hydrogens is 380 g/mol. The number of benzene rings is 2. The second-order valence-electron chi connectivity index (χ2n) is 7.53. The number of carbonyl (C=O) groups excluding carboxylic acids is 1. The Balaban J connectivity index is 1.63. The van der Waals surface area contributed by atoms with E-state index < -0.39 is 0 Å². The van der Waals surface area contributed by atoms with Gasteiger partial charge in [-0.1, -0.05) is 36.4 Å². The number of aromatic nitrogens is 2. The van der Waals surface area contributed by atoms with Crippen molar-refractivity contribution < 1.29 is 9.53 Å². The Labute approximate surface area is 175 Å². The quantitative estimate of drug-likeness (QED) is 0.681. The highest BCUT2D eigenvalue weighted by Crippen LogP contribution is 2.31. The van der Waals surface area contributed by atoms with E-state index in [2.05, 4.69) is 15.3 Å². The third-order valence-electron chi connectivity index (χ3n) is 5.71. The number of carbonyl (C=O) groups is 1. The van der Waals surface area contributed by atoms with Crippen LogP contribution in [0.4, 0.5) is 0 Å². The first-order valence-corrected chi connectivity index (χ1v) is 10.2. The van der Waals surface area contributed by atoms with Crippen LogP contribution in [0.15, 0.2) is 53.3 Å². The molecule has 0 radical (unpaired) electrons. The highest BCUT2D eigenvalue weighted by molar-refractivity contribution is 6.04. The summed E-state index contributed by atoms with van der Waals surface area (Å²) in [6.07, 6.45) is 2.29. The number of nitrogens with zero attached hydrogens (tertiary/aromatic N) is 3. The molecule has 0 bridgehead atoms. The van der Waals surface area contributed by atoms with Gasteiger partial charge in [0.25, 0.3) is 11.5 Å². The highest BCUT2D eigenvalue weighted by Gasteiger charge is 2.27. The zero-order valence-electron chi connectivity index (χ0n) is 17.3. The molecule has 1 N–H and O–H groups in total. The molecule has 0 saturated carbocycles. The molecule has 1 aromatic heterocycles. The number of hydrogen-bond donors (Lipinski definition) is 1. The molecule has 1 unspecified atom stereocenters. The Kier molecular flexibility index (Phi) is 5.81. The van der Waals surface area contributed by atoms with Gasteiger partial charge in [0.15, 0.2) is 5.69 Å². The van der Waals surface area contributed by atoms with Crippen LogP contribution < -0.4 is 15.6 Å². The van der Waals surface area contributed by atoms with Crippen LogP contribution in [0.1, 0.15) is 34.9 Å². The minimum atomic E-state index is -0.291. The minimum Gasteiger partial charge on any atom is -0.496 e. The van der Waals surface area contributed by atoms with Crippen LogP contribution in [0.5, 0.6) is 5.75 Å². The Morgan fingerprint density at radius 3 is 2.50 bits per heavy atom. The van der Waals surface area contributed by atoms with Gasteiger partial charge in [0.2, 0.25) is 0 Å². The predicted molar refractivity (Wildman–Crippen MR) is 116 cm³/mol. The van der Waals surface area contributed by atoms with E-state index in [1.54, 1.807) is 32.4 Å². The summed E-state index contributed by atoms with van der Waals surface area (Å²) >= 11 is 0. The van der Waals surface area contributed by atoms with Crippen LogP contribution >= 0.6 is 0 Å². The average Bonchev–Trinajstić information content (AvgIpc) is 3.31. The SMILES string of the molecule is COc1ccccc1C(CNC(=O)c1nn(C)c(=O)c2ccccc12)N1CCCC1. The molecule has 4 rings (SSSR count). The van der Waals surface area contributed by atoms with Gasteiger partial charge in [0, 0.05) is 24.5 Å². The molecule has 1 aliphatic heterocycles. The minimum absolute atomic E-state index is 0.00592. The first kappa shape index (κ1) is 20.1. The van der Waals surface area contributed by atoms with Gasteiger partial charge in [0.1, 0.15) is 5.75 Å². The molecule has 7 nitrogen and oxygen atoms in total. The number of ether oxygens (including phenoxy) is 1. The van der Waals surface area contributed by atoms with Gasteiger partial charge in [0.05, 0.1) is 18.5 Å². The molecule has 30 heavy (non-hydrogen) atoms. The van der Waals surface area contributed by atoms with E-state index in [9.17, 15) is 9.59 Å². The van der Waals surface area contributed by atoms with E-state index in [0.29, 0.717) is 17.3 Å². The third kappa shape index (κ3) is 3.80. The molecule has 2 aromatic carbocycles. The zero-order valence-corrected chi connectivity index (χ0v) is 17.3. The maximum absolute atomic E-state index is 13.1. The van der Waals surface area contributed by atoms with Crippen molar-refractivity contribution in [3.05, 3.63) is 70.1 Å². The maximum atomic E-state index is 13.1. The number of likely N-dealkylation sites (tertiary alicyclic amines) is 1. The number of nitrogens with one attached hydrogen (secondary N) is 1. The molecular formula is C23H26N4O3. The maximum Gasteiger partial charge on any atom is 0.274 e. The van der Waals surface area contributed by atoms with Crippen molar-refractivity contribution in [3.63, 3.8) is 0 Å². The Bertz CT molecular complexity index is 1120. The molecule has 7 heteroatoms. The second kappa shape index (κ2) is 8.67. The number of amides is 1. The van der Waals surface area contributed by atoms with Gasteiger partial charge < -0.3 is 10.1 Å². The Morgan fingerprint density at radius 2 is 1.77 bits per heavy atom. The van der Waals surface area contributed by atoms with Gasteiger partial charge in [-0.25, -0.2) is 4.68 Å². The zero-order chi connectivity index (χ0) is 21.1. The first-order chi connectivity index (χ1) is 14.6. The number of fused-ring (bicyclic) bond motifs is 1. The topological polar surface area (TPSA) is 76.5 Å². The molecule has 3 aromatic rings. The molecule has 1 aliphatic rings. The lowest BCUT2D eigenvalue weighted by molar-refractivity contribution is 0.0932. The van der Waals surface area contributed by atoms with Crippen LogP contribution in [0.2, 0.25) is 0 Å². The van der Waals surface area contributed by atoms with Crippen molar-refractivity contribution in [3.8, 4) is 5.75 Å². The summed E-state index contributed by atoms with van der Waals surface area (Å²) in [5.74, 6) is 0.523. The summed E-state index contributed by atoms with van der Waals surface area (Å²) in [6, 6.07) is 15.0. The molecule has 1 amide bonds. The van der Waals surface area contributed by atoms with E-state index in [1.807, 2.05) is 30.3 Å². The fourth-order valence-corrected chi connectivity index (χ4v) is 4.17. The summed E-state index contributed by atoms with van der Waals surface area (Å²) in [5.41, 5.74) is 1.10. The lowest BCUT2D eigenvalue weighted by Gasteiger charge is -2.29. The van der Waals surface area contributed by atoms with Gasteiger partial charge in [-0.3, -0.25) is 14.5 Å². The molecule has 1 atom stereocenters. The van der Waals surface area contributed by atoms with Crippen molar-refractivity contribution in [1.82, 2.24) is 20.0 Å². The number of rotatable bonds is 6. The van der Waals surface area contributed by atoms with Crippen LogP contribution in [-0.2, 0) is 7.05 Å². The van der Waals surface area contributed by atoms with Crippen LogP contribution in [0, 0.1) is 0 Å². The van der Waals surface area contributed by atoms with Gasteiger partial charge in [-0.05, 0) is 38.1 Å². The lowest BCUT2D eigenvalue weighted by Crippen LogP contribution is -2.38. The number of aryl methyl sites for hydroxylation is 1. The summed E-state index contributed by atoms with van der Waals surface area (Å²) in [6.45, 7) is 2.40. The highest BCUT2D eigenvalue weighted by atomic mass is 16.5. The third-order valence-corrected chi connectivity index (χ3v) is 5.71. The molecule has 0 spiro atoms. The average molecular weight is 406 g/mol. The predicted octanol–water partition coefficient (Wildman–Crippen LogP) is 2.51. The van der Waals surface area contributed by atoms with E-state index in [-0.39, 0.29) is 23.2 Å². The molecule has 1 saturated heterocycles. The van der Waals surface area contributed by atoms with Gasteiger partial charge in [-0.15, -0.1) is 0 Å². The molecule has 156 valence electrons.